The van der Waals surface area contributed by atoms with E-state index in [2.05, 4.69) is 15.1 Å². The van der Waals surface area contributed by atoms with E-state index in [-0.39, 0.29) is 5.92 Å². The molecule has 1 atom stereocenters. The molecule has 5 heterocycles. The van der Waals surface area contributed by atoms with E-state index in [9.17, 15) is 0 Å². The van der Waals surface area contributed by atoms with Crippen molar-refractivity contribution in [2.75, 3.05) is 0 Å². The van der Waals surface area contributed by atoms with Gasteiger partial charge in [-0.15, -0.1) is 5.10 Å². The first-order valence-corrected chi connectivity index (χ1v) is 11.8. The molecule has 6 aromatic rings. The van der Waals surface area contributed by atoms with Crippen LogP contribution in [-0.4, -0.2) is 34.3 Å². The molecular formula is C27H18ClN7O. The van der Waals surface area contributed by atoms with Gasteiger partial charge >= 0.3 is 0 Å². The molecule has 0 N–H and O–H groups in total. The minimum Gasteiger partial charge on any atom is -0.420 e. The Bertz CT molecular complexity index is 1750. The molecule has 1 aliphatic rings. The number of aromatic nitrogens is 7. The van der Waals surface area contributed by atoms with Crippen molar-refractivity contribution in [3.63, 3.8) is 0 Å². The van der Waals surface area contributed by atoms with Crippen LogP contribution in [0, 0.1) is 6.92 Å². The summed E-state index contributed by atoms with van der Waals surface area (Å²) in [6.07, 6.45) is 5.08. The summed E-state index contributed by atoms with van der Waals surface area (Å²) in [5, 5.41) is 10.2. The molecule has 0 fully saturated rings. The van der Waals surface area contributed by atoms with Crippen molar-refractivity contribution in [3.05, 3.63) is 113 Å². The zero-order valence-corrected chi connectivity index (χ0v) is 19.8. The average molecular weight is 492 g/mol. The SMILES string of the molecule is Cc1nn(-c2ccccc2)c2c1[C@H](c1ccccc1Cl)c1c(ncn3nc(-c4cccnc4)nc13)O2. The van der Waals surface area contributed by atoms with Gasteiger partial charge in [0.25, 0.3) is 0 Å². The summed E-state index contributed by atoms with van der Waals surface area (Å²) in [6.45, 7) is 1.98. The number of pyridine rings is 1. The van der Waals surface area contributed by atoms with Gasteiger partial charge in [0.1, 0.15) is 6.33 Å². The molecule has 9 heteroatoms. The second kappa shape index (κ2) is 8.00. The van der Waals surface area contributed by atoms with Crippen LogP contribution in [0.3, 0.4) is 0 Å². The number of rotatable bonds is 3. The molecular weight excluding hydrogens is 474 g/mol. The average Bonchev–Trinajstić information content (AvgIpc) is 3.50. The number of para-hydroxylation sites is 1. The largest absolute Gasteiger partial charge is 0.420 e. The van der Waals surface area contributed by atoms with E-state index < -0.39 is 0 Å². The highest BCUT2D eigenvalue weighted by molar-refractivity contribution is 6.31. The van der Waals surface area contributed by atoms with E-state index >= 15 is 0 Å². The summed E-state index contributed by atoms with van der Waals surface area (Å²) in [4.78, 5) is 13.7. The van der Waals surface area contributed by atoms with Crippen molar-refractivity contribution in [2.45, 2.75) is 12.8 Å². The monoisotopic (exact) mass is 491 g/mol. The molecule has 0 amide bonds. The summed E-state index contributed by atoms with van der Waals surface area (Å²) in [7, 11) is 0. The smallest absolute Gasteiger partial charge is 0.230 e. The van der Waals surface area contributed by atoms with Crippen LogP contribution in [0.1, 0.15) is 28.3 Å². The van der Waals surface area contributed by atoms with Crippen molar-refractivity contribution >= 4 is 17.2 Å². The fourth-order valence-electron chi connectivity index (χ4n) is 4.76. The zero-order valence-electron chi connectivity index (χ0n) is 19.1. The second-order valence-corrected chi connectivity index (χ2v) is 8.92. The van der Waals surface area contributed by atoms with Crippen molar-refractivity contribution < 1.29 is 4.74 Å². The van der Waals surface area contributed by atoms with Gasteiger partial charge in [0, 0.05) is 23.0 Å². The first kappa shape index (κ1) is 20.8. The summed E-state index contributed by atoms with van der Waals surface area (Å²) >= 11 is 6.78. The van der Waals surface area contributed by atoms with Gasteiger partial charge in [-0.3, -0.25) is 4.98 Å². The van der Waals surface area contributed by atoms with Crippen LogP contribution in [0.4, 0.5) is 0 Å². The highest BCUT2D eigenvalue weighted by atomic mass is 35.5. The van der Waals surface area contributed by atoms with Gasteiger partial charge in [-0.25, -0.2) is 19.2 Å². The Hall–Kier alpha value is -4.56. The molecule has 0 saturated heterocycles. The van der Waals surface area contributed by atoms with E-state index in [1.165, 1.54) is 0 Å². The lowest BCUT2D eigenvalue weighted by Gasteiger charge is -2.27. The standard InChI is InChI=1S/C27H18ClN7O/c1-16-21-22(19-11-5-6-12-20(19)28)23-25-31-24(17-8-7-13-29-14-17)33-34(25)15-30-26(23)36-27(21)35(32-16)18-9-3-2-4-10-18/h2-15,22H,1H3/t22-/m0/s1. The van der Waals surface area contributed by atoms with E-state index in [1.54, 1.807) is 23.2 Å². The Balaban J connectivity index is 1.52. The van der Waals surface area contributed by atoms with Crippen molar-refractivity contribution in [1.29, 1.82) is 0 Å². The third kappa shape index (κ3) is 3.11. The minimum absolute atomic E-state index is 0.308. The Morgan fingerprint density at radius 3 is 2.56 bits per heavy atom. The number of benzene rings is 2. The number of ether oxygens (including phenoxy) is 1. The van der Waals surface area contributed by atoms with Crippen molar-refractivity contribution in [2.24, 2.45) is 0 Å². The summed E-state index contributed by atoms with van der Waals surface area (Å²) in [6, 6.07) is 21.5. The maximum absolute atomic E-state index is 6.78. The third-order valence-corrected chi connectivity index (χ3v) is 6.70. The first-order valence-electron chi connectivity index (χ1n) is 11.4. The second-order valence-electron chi connectivity index (χ2n) is 8.52. The highest BCUT2D eigenvalue weighted by Crippen LogP contribution is 2.50. The van der Waals surface area contributed by atoms with Gasteiger partial charge in [0.05, 0.1) is 28.4 Å². The Kier molecular flexibility index (Phi) is 4.62. The number of hydrogen-bond donors (Lipinski definition) is 0. The number of fused-ring (bicyclic) bond motifs is 4. The van der Waals surface area contributed by atoms with Crippen LogP contribution >= 0.6 is 11.6 Å². The van der Waals surface area contributed by atoms with Gasteiger partial charge in [-0.2, -0.15) is 5.10 Å². The summed E-state index contributed by atoms with van der Waals surface area (Å²) in [5.74, 6) is 1.30. The van der Waals surface area contributed by atoms with Crippen LogP contribution in [0.5, 0.6) is 11.8 Å². The molecule has 0 spiro atoms. The lowest BCUT2D eigenvalue weighted by atomic mass is 9.84. The van der Waals surface area contributed by atoms with E-state index in [1.807, 2.05) is 78.3 Å². The van der Waals surface area contributed by atoms with Crippen molar-refractivity contribution in [1.82, 2.24) is 34.3 Å². The van der Waals surface area contributed by atoms with Gasteiger partial charge in [0.2, 0.25) is 11.8 Å². The van der Waals surface area contributed by atoms with E-state index in [4.69, 9.17) is 26.4 Å². The maximum Gasteiger partial charge on any atom is 0.230 e. The lowest BCUT2D eigenvalue weighted by molar-refractivity contribution is 0.402. The highest BCUT2D eigenvalue weighted by Gasteiger charge is 2.38. The first-order chi connectivity index (χ1) is 17.7. The Labute approximate surface area is 210 Å². The molecule has 0 aliphatic carbocycles. The van der Waals surface area contributed by atoms with Gasteiger partial charge in [0.15, 0.2) is 11.5 Å². The van der Waals surface area contributed by atoms with Crippen LogP contribution < -0.4 is 4.74 Å². The predicted octanol–water partition coefficient (Wildman–Crippen LogP) is 5.62. The van der Waals surface area contributed by atoms with Gasteiger partial charge in [-0.05, 0) is 42.8 Å². The number of aryl methyl sites for hydroxylation is 1. The molecule has 7 rings (SSSR count). The van der Waals surface area contributed by atoms with Gasteiger partial charge in [-0.1, -0.05) is 48.0 Å². The third-order valence-electron chi connectivity index (χ3n) is 6.36. The topological polar surface area (TPSA) is 83.0 Å². The van der Waals surface area contributed by atoms with Crippen LogP contribution in [0.15, 0.2) is 85.5 Å². The maximum atomic E-state index is 6.78. The van der Waals surface area contributed by atoms with Crippen LogP contribution in [0.25, 0.3) is 22.7 Å². The molecule has 0 unspecified atom stereocenters. The molecule has 2 aromatic carbocycles. The Morgan fingerprint density at radius 2 is 1.75 bits per heavy atom. The molecule has 1 aliphatic heterocycles. The fourth-order valence-corrected chi connectivity index (χ4v) is 5.00. The summed E-state index contributed by atoms with van der Waals surface area (Å²) < 4.78 is 9.94. The number of halogens is 1. The Morgan fingerprint density at radius 1 is 0.917 bits per heavy atom. The van der Waals surface area contributed by atoms with Crippen molar-refractivity contribution in [3.8, 4) is 28.8 Å². The minimum atomic E-state index is -0.308. The van der Waals surface area contributed by atoms with Crippen LogP contribution in [0.2, 0.25) is 5.02 Å². The molecule has 4 aromatic heterocycles. The van der Waals surface area contributed by atoms with E-state index in [0.29, 0.717) is 28.3 Å². The fraction of sp³-hybridized carbons (Fsp3) is 0.0741. The van der Waals surface area contributed by atoms with E-state index in [0.717, 1.165) is 33.6 Å². The number of nitrogens with zero attached hydrogens (tertiary/aromatic N) is 7. The van der Waals surface area contributed by atoms with Crippen LogP contribution in [-0.2, 0) is 0 Å². The molecule has 0 radical (unpaired) electrons. The summed E-state index contributed by atoms with van der Waals surface area (Å²) in [5.41, 5.74) is 5.80. The zero-order chi connectivity index (χ0) is 24.2. The predicted molar refractivity (Wildman–Crippen MR) is 135 cm³/mol. The lowest BCUT2D eigenvalue weighted by Crippen LogP contribution is -2.16. The quantitative estimate of drug-likeness (QED) is 0.319. The molecule has 36 heavy (non-hydrogen) atoms. The number of hydrogen-bond acceptors (Lipinski definition) is 6. The normalized spacial score (nSPS) is 14.3. The molecule has 0 saturated carbocycles. The molecule has 8 nitrogen and oxygen atoms in total. The molecule has 174 valence electrons. The molecule has 0 bridgehead atoms. The van der Waals surface area contributed by atoms with Gasteiger partial charge < -0.3 is 4.74 Å².